The van der Waals surface area contributed by atoms with Gasteiger partial charge in [-0.15, -0.1) is 0 Å². The molecule has 0 aromatic heterocycles. The van der Waals surface area contributed by atoms with Gasteiger partial charge >= 0.3 is 5.97 Å². The third kappa shape index (κ3) is 19.3. The zero-order valence-electron chi connectivity index (χ0n) is 18.1. The van der Waals surface area contributed by atoms with Crippen molar-refractivity contribution in [3.05, 3.63) is 0 Å². The van der Waals surface area contributed by atoms with E-state index in [1.807, 2.05) is 0 Å². The number of carbonyl (C=O) groups is 1. The van der Waals surface area contributed by atoms with Crippen molar-refractivity contribution in [3.8, 4) is 9.85 Å². The third-order valence-corrected chi connectivity index (χ3v) is 5.43. The first-order chi connectivity index (χ1) is 13.7. The molecule has 0 saturated carbocycles. The first kappa shape index (κ1) is 28.6. The standard InChI is InChI=1S/C20H35INO2.CH4O3S/c1-2-3-4-5-6-7-8-11-19-24-20(23)13-18-22(17-12-14-21)15-9-10-16-22;1-5(2,3)4/h2-11,13,15-19H2,1H3;1H3,(H,2,3,4)/q+1;/p-1. The quantitative estimate of drug-likeness (QED) is 0.0868. The van der Waals surface area contributed by atoms with Gasteiger partial charge in [-0.25, -0.2) is 8.42 Å². The number of ether oxygens (including phenoxy) is 1. The second kappa shape index (κ2) is 17.3. The minimum atomic E-state index is -3.92. The molecule has 0 aromatic rings. The summed E-state index contributed by atoms with van der Waals surface area (Å²) >= 11 is 2.10. The van der Waals surface area contributed by atoms with Crippen LogP contribution in [0.4, 0.5) is 0 Å². The van der Waals surface area contributed by atoms with E-state index >= 15 is 0 Å². The van der Waals surface area contributed by atoms with Crippen molar-refractivity contribution in [1.29, 1.82) is 0 Å². The Balaban J connectivity index is 0.00000139. The van der Waals surface area contributed by atoms with E-state index in [2.05, 4.69) is 39.4 Å². The highest BCUT2D eigenvalue weighted by Gasteiger charge is 2.31. The van der Waals surface area contributed by atoms with E-state index < -0.39 is 10.1 Å². The van der Waals surface area contributed by atoms with E-state index in [1.54, 1.807) is 0 Å². The average Bonchev–Trinajstić information content (AvgIpc) is 3.11. The van der Waals surface area contributed by atoms with Crippen LogP contribution in [0, 0.1) is 9.85 Å². The Morgan fingerprint density at radius 2 is 1.59 bits per heavy atom. The Bertz CT molecular complexity index is 584. The smallest absolute Gasteiger partial charge is 0.311 e. The van der Waals surface area contributed by atoms with E-state index in [-0.39, 0.29) is 5.97 Å². The molecule has 0 atom stereocenters. The average molecular weight is 544 g/mol. The first-order valence-corrected chi connectivity index (χ1v) is 13.6. The third-order valence-electron chi connectivity index (χ3n) is 5.05. The highest BCUT2D eigenvalue weighted by atomic mass is 127. The number of hydrogen-bond donors (Lipinski definition) is 0. The van der Waals surface area contributed by atoms with Gasteiger partial charge in [-0.1, -0.05) is 51.9 Å². The summed E-state index contributed by atoms with van der Waals surface area (Å²) in [5, 5.41) is 0. The summed E-state index contributed by atoms with van der Waals surface area (Å²) in [6.07, 6.45) is 13.9. The molecule has 1 aliphatic rings. The number of esters is 1. The molecule has 170 valence electrons. The van der Waals surface area contributed by atoms with Crippen LogP contribution in [0.2, 0.25) is 0 Å². The van der Waals surface area contributed by atoms with Crippen molar-refractivity contribution in [2.75, 3.05) is 39.0 Å². The molecule has 1 heterocycles. The summed E-state index contributed by atoms with van der Waals surface area (Å²) in [5.74, 6) is 3.17. The van der Waals surface area contributed by atoms with E-state index in [1.165, 1.54) is 57.8 Å². The molecule has 0 radical (unpaired) electrons. The molecule has 0 aliphatic carbocycles. The molecular weight excluding hydrogens is 505 g/mol. The lowest BCUT2D eigenvalue weighted by Crippen LogP contribution is -2.47. The monoisotopic (exact) mass is 543 g/mol. The number of nitrogens with zero attached hydrogens (tertiary/aromatic N) is 1. The molecule has 0 spiro atoms. The highest BCUT2D eigenvalue weighted by molar-refractivity contribution is 14.1. The molecule has 1 saturated heterocycles. The number of rotatable bonds is 13. The van der Waals surface area contributed by atoms with Crippen molar-refractivity contribution >= 4 is 38.7 Å². The van der Waals surface area contributed by atoms with Crippen LogP contribution < -0.4 is 0 Å². The fourth-order valence-corrected chi connectivity index (χ4v) is 3.66. The SMILES string of the molecule is CCCCCCCCCCOC(=O)CC[N+]1(CC#CI)CCCC1.CS(=O)(=O)[O-]. The molecule has 1 aliphatic heterocycles. The Labute approximate surface area is 191 Å². The Kier molecular flexibility index (Phi) is 17.1. The van der Waals surface area contributed by atoms with Crippen LogP contribution >= 0.6 is 22.6 Å². The second-order valence-electron chi connectivity index (χ2n) is 7.80. The molecule has 8 heteroatoms. The Morgan fingerprint density at radius 1 is 1.07 bits per heavy atom. The second-order valence-corrected chi connectivity index (χ2v) is 9.75. The molecule has 1 fully saturated rings. The van der Waals surface area contributed by atoms with Gasteiger partial charge in [0.05, 0.1) is 42.8 Å². The van der Waals surface area contributed by atoms with Gasteiger partial charge in [0.25, 0.3) is 0 Å². The van der Waals surface area contributed by atoms with E-state index in [0.29, 0.717) is 19.3 Å². The summed E-state index contributed by atoms with van der Waals surface area (Å²) in [6, 6.07) is 0. The molecule has 1 rings (SSSR count). The van der Waals surface area contributed by atoms with Gasteiger partial charge in [0.15, 0.2) is 0 Å². The Hall–Kier alpha value is -0.370. The summed E-state index contributed by atoms with van der Waals surface area (Å²) < 4.78 is 36.6. The van der Waals surface area contributed by atoms with Crippen LogP contribution in [0.3, 0.4) is 0 Å². The summed E-state index contributed by atoms with van der Waals surface area (Å²) in [7, 11) is -3.92. The lowest BCUT2D eigenvalue weighted by atomic mass is 10.1. The predicted molar refractivity (Wildman–Crippen MR) is 125 cm³/mol. The van der Waals surface area contributed by atoms with E-state index in [4.69, 9.17) is 17.7 Å². The molecular formula is C21H38INO5S. The van der Waals surface area contributed by atoms with Gasteiger partial charge in [-0.2, -0.15) is 0 Å². The molecule has 6 nitrogen and oxygen atoms in total. The fourth-order valence-electron chi connectivity index (χ4n) is 3.49. The van der Waals surface area contributed by atoms with Gasteiger partial charge in [0, 0.05) is 41.7 Å². The maximum absolute atomic E-state index is 12.0. The molecule has 29 heavy (non-hydrogen) atoms. The largest absolute Gasteiger partial charge is 0.748 e. The van der Waals surface area contributed by atoms with E-state index in [0.717, 1.165) is 37.1 Å². The number of hydrogen-bond acceptors (Lipinski definition) is 5. The van der Waals surface area contributed by atoms with Crippen LogP contribution in [0.5, 0.6) is 0 Å². The van der Waals surface area contributed by atoms with Crippen LogP contribution in [-0.2, 0) is 19.6 Å². The summed E-state index contributed by atoms with van der Waals surface area (Å²) in [5.41, 5.74) is 0. The molecule has 0 unspecified atom stereocenters. The fraction of sp³-hybridized carbons (Fsp3) is 0.857. The van der Waals surface area contributed by atoms with Crippen molar-refractivity contribution in [2.24, 2.45) is 0 Å². The van der Waals surface area contributed by atoms with Crippen LogP contribution in [0.1, 0.15) is 77.6 Å². The maximum Gasteiger partial charge on any atom is 0.311 e. The lowest BCUT2D eigenvalue weighted by molar-refractivity contribution is -0.909. The first-order valence-electron chi connectivity index (χ1n) is 10.7. The van der Waals surface area contributed by atoms with Crippen molar-refractivity contribution in [3.63, 3.8) is 0 Å². The van der Waals surface area contributed by atoms with Gasteiger partial charge in [-0.05, 0) is 16.3 Å². The van der Waals surface area contributed by atoms with Gasteiger partial charge in [0.2, 0.25) is 0 Å². The van der Waals surface area contributed by atoms with Crippen LogP contribution in [-0.4, -0.2) is 62.5 Å². The highest BCUT2D eigenvalue weighted by Crippen LogP contribution is 2.19. The Morgan fingerprint density at radius 3 is 2.10 bits per heavy atom. The number of quaternary nitrogens is 1. The number of unbranched alkanes of at least 4 members (excludes halogenated alkanes) is 7. The van der Waals surface area contributed by atoms with Gasteiger partial charge < -0.3 is 13.8 Å². The van der Waals surface area contributed by atoms with Crippen molar-refractivity contribution in [2.45, 2.75) is 77.6 Å². The molecule has 0 bridgehead atoms. The zero-order valence-corrected chi connectivity index (χ0v) is 21.1. The van der Waals surface area contributed by atoms with Crippen molar-refractivity contribution in [1.82, 2.24) is 0 Å². The minimum Gasteiger partial charge on any atom is -0.748 e. The predicted octanol–water partition coefficient (Wildman–Crippen LogP) is 4.23. The van der Waals surface area contributed by atoms with Gasteiger partial charge in [0.1, 0.15) is 6.54 Å². The summed E-state index contributed by atoms with van der Waals surface area (Å²) in [4.78, 5) is 12.0. The van der Waals surface area contributed by atoms with Crippen LogP contribution in [0.25, 0.3) is 0 Å². The van der Waals surface area contributed by atoms with Crippen LogP contribution in [0.15, 0.2) is 0 Å². The zero-order chi connectivity index (χ0) is 22.0. The molecule has 0 aromatic carbocycles. The van der Waals surface area contributed by atoms with E-state index in [9.17, 15) is 4.79 Å². The summed E-state index contributed by atoms with van der Waals surface area (Å²) in [6.45, 7) is 6.95. The minimum absolute atomic E-state index is 0.0234. The number of likely N-dealkylation sites (tertiary alicyclic amines) is 1. The van der Waals surface area contributed by atoms with Gasteiger partial charge in [-0.3, -0.25) is 4.79 Å². The lowest BCUT2D eigenvalue weighted by Gasteiger charge is -2.31. The van der Waals surface area contributed by atoms with Crippen molar-refractivity contribution < 1.29 is 27.0 Å². The molecule has 0 amide bonds. The number of halogens is 1. The molecule has 0 N–H and O–H groups in total. The topological polar surface area (TPSA) is 83.5 Å². The number of carbonyl (C=O) groups excluding carboxylic acids is 1. The maximum atomic E-state index is 12.0. The normalized spacial score (nSPS) is 15.0.